The number of ether oxygens (including phenoxy) is 2. The number of nitrogens with one attached hydrogen (secondary N) is 3. The molecule has 0 atom stereocenters. The molecule has 2 aromatic rings. The molecule has 1 aliphatic carbocycles. The summed E-state index contributed by atoms with van der Waals surface area (Å²) in [4.78, 5) is 41.3. The Kier molecular flexibility index (Phi) is 9.65. The molecule has 36 heavy (non-hydrogen) atoms. The third-order valence-electron chi connectivity index (χ3n) is 5.56. The molecule has 3 amide bonds. The normalized spacial score (nSPS) is 17.5. The van der Waals surface area contributed by atoms with Gasteiger partial charge in [-0.15, -0.1) is 11.3 Å². The number of nitrogens with zero attached hydrogens (tertiary/aromatic N) is 1. The van der Waals surface area contributed by atoms with Gasteiger partial charge in [-0.1, -0.05) is 0 Å². The Morgan fingerprint density at radius 2 is 1.69 bits per heavy atom. The number of thiazole rings is 1. The number of carbonyl (C=O) groups excluding carboxylic acids is 3. The molecule has 10 nitrogen and oxygen atoms in total. The third kappa shape index (κ3) is 7.92. The van der Waals surface area contributed by atoms with Crippen molar-refractivity contribution in [3.63, 3.8) is 0 Å². The van der Waals surface area contributed by atoms with Crippen LogP contribution in [0.15, 0.2) is 24.4 Å². The summed E-state index contributed by atoms with van der Waals surface area (Å²) in [7, 11) is 0. The minimum absolute atomic E-state index is 0.0923. The molecule has 11 heteroatoms. The van der Waals surface area contributed by atoms with E-state index in [9.17, 15) is 19.5 Å². The van der Waals surface area contributed by atoms with Gasteiger partial charge in [-0.3, -0.25) is 10.1 Å². The molecule has 1 fully saturated rings. The van der Waals surface area contributed by atoms with Crippen molar-refractivity contribution in [1.82, 2.24) is 10.3 Å². The van der Waals surface area contributed by atoms with Gasteiger partial charge in [0, 0.05) is 29.4 Å². The zero-order chi connectivity index (χ0) is 26.2. The van der Waals surface area contributed by atoms with Gasteiger partial charge < -0.3 is 25.2 Å². The maximum atomic E-state index is 12.0. The molecule has 1 aromatic heterocycles. The second-order valence-corrected chi connectivity index (χ2v) is 10.3. The Labute approximate surface area is 214 Å². The van der Waals surface area contributed by atoms with Crippen LogP contribution in [0.2, 0.25) is 0 Å². The average molecular weight is 519 g/mol. The molecule has 0 bridgehead atoms. The second-order valence-electron chi connectivity index (χ2n) is 9.26. The number of anilines is 2. The number of aromatic nitrogens is 1. The van der Waals surface area contributed by atoms with E-state index in [1.54, 1.807) is 49.6 Å². The van der Waals surface area contributed by atoms with Crippen molar-refractivity contribution in [2.45, 2.75) is 77.5 Å². The molecule has 4 N–H and O–H groups in total. The molecular formula is C25H34N4O6S. The van der Waals surface area contributed by atoms with Crippen LogP contribution in [0.25, 0.3) is 10.4 Å². The van der Waals surface area contributed by atoms with Gasteiger partial charge in [0.15, 0.2) is 0 Å². The number of aliphatic hydroxyl groups is 1. The smallest absolute Gasteiger partial charge is 0.411 e. The van der Waals surface area contributed by atoms with Crippen molar-refractivity contribution in [1.29, 1.82) is 0 Å². The summed E-state index contributed by atoms with van der Waals surface area (Å²) >= 11 is 1.54. The average Bonchev–Trinajstić information content (AvgIpc) is 3.28. The molecule has 0 radical (unpaired) electrons. The van der Waals surface area contributed by atoms with Crippen LogP contribution >= 0.6 is 11.3 Å². The highest BCUT2D eigenvalue weighted by atomic mass is 32.1. The molecule has 1 aromatic carbocycles. The number of aliphatic hydroxyl groups excluding tert-OH is 1. The fourth-order valence-corrected chi connectivity index (χ4v) is 5.12. The lowest BCUT2D eigenvalue weighted by Gasteiger charge is -2.28. The lowest BCUT2D eigenvalue weighted by atomic mass is 9.86. The van der Waals surface area contributed by atoms with Crippen molar-refractivity contribution < 1.29 is 29.0 Å². The Bertz CT molecular complexity index is 1060. The fraction of sp³-hybridized carbons (Fsp3) is 0.520. The summed E-state index contributed by atoms with van der Waals surface area (Å²) in [5.74, 6) is -0.283. The van der Waals surface area contributed by atoms with Gasteiger partial charge >= 0.3 is 12.2 Å². The highest BCUT2D eigenvalue weighted by Crippen LogP contribution is 2.40. The predicted octanol–water partition coefficient (Wildman–Crippen LogP) is 4.86. The number of carbonyl (C=O) groups is 3. The first-order valence-electron chi connectivity index (χ1n) is 12.1. The minimum Gasteiger partial charge on any atom is -0.447 e. The summed E-state index contributed by atoms with van der Waals surface area (Å²) in [6.45, 7) is 6.48. The maximum Gasteiger partial charge on any atom is 0.411 e. The standard InChI is InChI=1S/C25H34N4O6S/c1-14(2)34-24(32)27-17-7-5-16(6-8-17)23-26-12-21(36-23)19-10-9-18(28-25(33)35-15(3)4)11-20(19)29-22(31)13-30/h9-12,14-17,30H,5-8,13H2,1-4H3,(H,27,32)(H,28,33)(H,29,31). The van der Waals surface area contributed by atoms with Gasteiger partial charge in [-0.25, -0.2) is 14.6 Å². The summed E-state index contributed by atoms with van der Waals surface area (Å²) in [6.07, 6.45) is 3.86. The Balaban J connectivity index is 1.70. The molecule has 1 aliphatic rings. The first-order valence-corrected chi connectivity index (χ1v) is 12.9. The van der Waals surface area contributed by atoms with Crippen LogP contribution in [-0.2, 0) is 14.3 Å². The first-order chi connectivity index (χ1) is 17.1. The summed E-state index contributed by atoms with van der Waals surface area (Å²) in [5, 5.41) is 18.5. The van der Waals surface area contributed by atoms with Gasteiger partial charge in [0.05, 0.1) is 27.8 Å². The van der Waals surface area contributed by atoms with Crippen molar-refractivity contribution in [3.05, 3.63) is 29.4 Å². The monoisotopic (exact) mass is 518 g/mol. The van der Waals surface area contributed by atoms with Crippen molar-refractivity contribution in [2.75, 3.05) is 17.2 Å². The molecular weight excluding hydrogens is 484 g/mol. The van der Waals surface area contributed by atoms with Crippen LogP contribution in [-0.4, -0.2) is 53.0 Å². The van der Waals surface area contributed by atoms with E-state index in [2.05, 4.69) is 20.9 Å². The van der Waals surface area contributed by atoms with E-state index in [-0.39, 0.29) is 30.3 Å². The van der Waals surface area contributed by atoms with Gasteiger partial charge in [0.25, 0.3) is 0 Å². The number of amides is 3. The highest BCUT2D eigenvalue weighted by molar-refractivity contribution is 7.15. The van der Waals surface area contributed by atoms with Crippen LogP contribution in [0, 0.1) is 0 Å². The zero-order valence-electron chi connectivity index (χ0n) is 21.0. The van der Waals surface area contributed by atoms with Crippen LogP contribution in [0.3, 0.4) is 0 Å². The largest absolute Gasteiger partial charge is 0.447 e. The van der Waals surface area contributed by atoms with Gasteiger partial charge in [-0.05, 0) is 71.6 Å². The molecule has 3 rings (SSSR count). The van der Waals surface area contributed by atoms with Crippen LogP contribution in [0.4, 0.5) is 21.0 Å². The van der Waals surface area contributed by atoms with Crippen molar-refractivity contribution in [2.24, 2.45) is 0 Å². The fourth-order valence-electron chi connectivity index (χ4n) is 3.99. The summed E-state index contributed by atoms with van der Waals surface area (Å²) in [6, 6.07) is 5.22. The van der Waals surface area contributed by atoms with Crippen LogP contribution in [0.1, 0.15) is 64.3 Å². The third-order valence-corrected chi connectivity index (χ3v) is 6.75. The topological polar surface area (TPSA) is 139 Å². The molecule has 1 saturated carbocycles. The number of benzene rings is 1. The number of hydrogen-bond acceptors (Lipinski definition) is 8. The lowest BCUT2D eigenvalue weighted by molar-refractivity contribution is -0.118. The van der Waals surface area contributed by atoms with Gasteiger partial charge in [-0.2, -0.15) is 0 Å². The number of rotatable bonds is 8. The van der Waals surface area contributed by atoms with Gasteiger partial charge in [0.2, 0.25) is 5.91 Å². The summed E-state index contributed by atoms with van der Waals surface area (Å²) < 4.78 is 10.3. The summed E-state index contributed by atoms with van der Waals surface area (Å²) in [5.41, 5.74) is 1.63. The van der Waals surface area contributed by atoms with E-state index in [0.29, 0.717) is 11.4 Å². The highest BCUT2D eigenvalue weighted by Gasteiger charge is 2.26. The van der Waals surface area contributed by atoms with Gasteiger partial charge in [0.1, 0.15) is 6.61 Å². The number of alkyl carbamates (subject to hydrolysis) is 1. The Hall–Kier alpha value is -3.18. The lowest BCUT2D eigenvalue weighted by Crippen LogP contribution is -2.38. The van der Waals surface area contributed by atoms with E-state index in [4.69, 9.17) is 9.47 Å². The molecule has 1 heterocycles. The SMILES string of the molecule is CC(C)OC(=O)Nc1ccc(-c2cnc(C3CCC(NC(=O)OC(C)C)CC3)s2)c(NC(=O)CO)c1. The molecule has 0 aliphatic heterocycles. The van der Waals surface area contributed by atoms with E-state index in [0.717, 1.165) is 41.1 Å². The van der Waals surface area contributed by atoms with Crippen LogP contribution < -0.4 is 16.0 Å². The van der Waals surface area contributed by atoms with E-state index >= 15 is 0 Å². The minimum atomic E-state index is -0.664. The van der Waals surface area contributed by atoms with Crippen molar-refractivity contribution >= 4 is 40.8 Å². The molecule has 0 spiro atoms. The van der Waals surface area contributed by atoms with Crippen LogP contribution in [0.5, 0.6) is 0 Å². The first kappa shape index (κ1) is 27.4. The maximum absolute atomic E-state index is 12.0. The number of hydrogen-bond donors (Lipinski definition) is 4. The Morgan fingerprint density at radius 3 is 2.33 bits per heavy atom. The van der Waals surface area contributed by atoms with E-state index in [1.165, 1.54) is 0 Å². The Morgan fingerprint density at radius 1 is 1.03 bits per heavy atom. The quantitative estimate of drug-likeness (QED) is 0.391. The molecule has 196 valence electrons. The van der Waals surface area contributed by atoms with E-state index in [1.807, 2.05) is 13.8 Å². The van der Waals surface area contributed by atoms with E-state index < -0.39 is 18.6 Å². The zero-order valence-corrected chi connectivity index (χ0v) is 21.8. The van der Waals surface area contributed by atoms with Crippen molar-refractivity contribution in [3.8, 4) is 10.4 Å². The molecule has 0 saturated heterocycles. The second kappa shape index (κ2) is 12.7. The molecule has 0 unspecified atom stereocenters. The predicted molar refractivity (Wildman–Crippen MR) is 138 cm³/mol.